The van der Waals surface area contributed by atoms with Gasteiger partial charge in [0, 0.05) is 0 Å². The Bertz CT molecular complexity index is 536. The highest BCUT2D eigenvalue weighted by atomic mass is 16.3. The molecule has 0 aromatic heterocycles. The molecule has 0 bridgehead atoms. The minimum atomic E-state index is 0.171. The molecule has 2 rings (SSSR count). The van der Waals surface area contributed by atoms with Crippen molar-refractivity contribution in [1.82, 2.24) is 0 Å². The average molecular weight is 315 g/mol. The van der Waals surface area contributed by atoms with E-state index in [-0.39, 0.29) is 5.76 Å². The van der Waals surface area contributed by atoms with E-state index in [0.717, 1.165) is 18.3 Å². The normalized spacial score (nSPS) is 35.3. The molecule has 0 aromatic rings. The predicted molar refractivity (Wildman–Crippen MR) is 100 cm³/mol. The Balaban J connectivity index is 2.35. The second-order valence-corrected chi connectivity index (χ2v) is 7.64. The summed E-state index contributed by atoms with van der Waals surface area (Å²) in [6.07, 6.45) is 11.3. The molecule has 0 spiro atoms. The van der Waals surface area contributed by atoms with Crippen molar-refractivity contribution in [2.75, 3.05) is 0 Å². The number of aliphatic hydroxyl groups excluding tert-OH is 1. The van der Waals surface area contributed by atoms with Gasteiger partial charge in [-0.15, -0.1) is 0 Å². The van der Waals surface area contributed by atoms with Gasteiger partial charge < -0.3 is 5.11 Å². The molecule has 2 aliphatic rings. The van der Waals surface area contributed by atoms with E-state index >= 15 is 0 Å². The summed E-state index contributed by atoms with van der Waals surface area (Å²) in [5, 5.41) is 9.64. The number of hydrogen-bond acceptors (Lipinski definition) is 1. The van der Waals surface area contributed by atoms with Gasteiger partial charge in [-0.3, -0.25) is 0 Å². The first-order chi connectivity index (χ1) is 10.9. The highest BCUT2D eigenvalue weighted by Gasteiger charge is 2.50. The maximum Gasteiger partial charge on any atom is 0.108 e. The first-order valence-corrected chi connectivity index (χ1v) is 9.32. The summed E-state index contributed by atoms with van der Waals surface area (Å²) in [4.78, 5) is 0. The van der Waals surface area contributed by atoms with Crippen LogP contribution in [0.2, 0.25) is 0 Å². The zero-order valence-corrected chi connectivity index (χ0v) is 15.5. The summed E-state index contributed by atoms with van der Waals surface area (Å²) in [7, 11) is 0. The van der Waals surface area contributed by atoms with E-state index in [2.05, 4.69) is 46.9 Å². The Labute approximate surface area is 142 Å². The highest BCUT2D eigenvalue weighted by molar-refractivity contribution is 5.37. The molecule has 0 heterocycles. The van der Waals surface area contributed by atoms with Gasteiger partial charge in [-0.2, -0.15) is 0 Å². The van der Waals surface area contributed by atoms with Crippen molar-refractivity contribution in [3.8, 4) is 0 Å². The van der Waals surface area contributed by atoms with E-state index in [0.29, 0.717) is 11.3 Å². The molecular formula is C22H34O. The van der Waals surface area contributed by atoms with Crippen LogP contribution in [-0.4, -0.2) is 5.11 Å². The summed E-state index contributed by atoms with van der Waals surface area (Å²) in [6, 6.07) is 0. The quantitative estimate of drug-likeness (QED) is 0.338. The number of hydrogen-bond donors (Lipinski definition) is 1. The molecule has 4 unspecified atom stereocenters. The number of allylic oxidation sites excluding steroid dienone is 5. The van der Waals surface area contributed by atoms with Gasteiger partial charge in [0.2, 0.25) is 0 Å². The fraction of sp³-hybridized carbons (Fsp3) is 0.636. The second-order valence-electron chi connectivity index (χ2n) is 7.64. The Morgan fingerprint density at radius 1 is 1.35 bits per heavy atom. The van der Waals surface area contributed by atoms with Crippen LogP contribution in [-0.2, 0) is 0 Å². The predicted octanol–water partition coefficient (Wildman–Crippen LogP) is 6.75. The van der Waals surface area contributed by atoms with Crippen LogP contribution >= 0.6 is 0 Å². The fourth-order valence-electron chi connectivity index (χ4n) is 5.38. The summed E-state index contributed by atoms with van der Waals surface area (Å²) < 4.78 is 0. The van der Waals surface area contributed by atoms with Crippen molar-refractivity contribution in [1.29, 1.82) is 0 Å². The summed E-state index contributed by atoms with van der Waals surface area (Å²) in [5.41, 5.74) is 4.53. The molecule has 2 aliphatic carbocycles. The summed E-state index contributed by atoms with van der Waals surface area (Å²) in [5.74, 6) is 2.27. The molecular weight excluding hydrogens is 280 g/mol. The molecule has 0 radical (unpaired) electrons. The lowest BCUT2D eigenvalue weighted by Gasteiger charge is -2.48. The van der Waals surface area contributed by atoms with Gasteiger partial charge in [0.05, 0.1) is 0 Å². The maximum absolute atomic E-state index is 9.64. The van der Waals surface area contributed by atoms with Crippen LogP contribution in [0.5, 0.6) is 0 Å². The lowest BCUT2D eigenvalue weighted by molar-refractivity contribution is 0.0741. The van der Waals surface area contributed by atoms with Gasteiger partial charge in [0.25, 0.3) is 0 Å². The Morgan fingerprint density at radius 3 is 2.57 bits per heavy atom. The third kappa shape index (κ3) is 3.20. The number of rotatable bonds is 5. The van der Waals surface area contributed by atoms with Crippen LogP contribution in [0, 0.1) is 23.2 Å². The molecule has 2 fully saturated rings. The van der Waals surface area contributed by atoms with Gasteiger partial charge in [-0.25, -0.2) is 0 Å². The van der Waals surface area contributed by atoms with Crippen LogP contribution in [0.15, 0.2) is 47.8 Å². The fourth-order valence-corrected chi connectivity index (χ4v) is 5.38. The van der Waals surface area contributed by atoms with E-state index in [4.69, 9.17) is 0 Å². The molecule has 2 saturated carbocycles. The van der Waals surface area contributed by atoms with Crippen LogP contribution < -0.4 is 0 Å². The highest BCUT2D eigenvalue weighted by Crippen LogP contribution is 2.60. The van der Waals surface area contributed by atoms with Gasteiger partial charge in [-0.1, -0.05) is 52.0 Å². The molecule has 1 heteroatoms. The molecule has 0 amide bonds. The number of aliphatic hydroxyl groups is 1. The average Bonchev–Trinajstić information content (AvgIpc) is 2.82. The summed E-state index contributed by atoms with van der Waals surface area (Å²) in [6.45, 7) is 17.2. The second kappa shape index (κ2) is 7.11. The van der Waals surface area contributed by atoms with Crippen molar-refractivity contribution < 1.29 is 5.11 Å². The number of fused-ring (bicyclic) bond motifs is 1. The standard InChI is InChI=1S/C22H34O/c1-7-17(14-16(5)23)18(8-2)20-12-13-22(6)15(4)10-11-21(22)19(20)9-3/h8,14,19-21,23H,4-5,7,9-13H2,1-3,6H3/b17-14-,18-8+. The van der Waals surface area contributed by atoms with E-state index in [1.807, 2.05) is 6.08 Å². The van der Waals surface area contributed by atoms with E-state index in [1.54, 1.807) is 0 Å². The lowest BCUT2D eigenvalue weighted by atomic mass is 9.57. The van der Waals surface area contributed by atoms with Gasteiger partial charge >= 0.3 is 0 Å². The Hall–Kier alpha value is -1.24. The molecule has 23 heavy (non-hydrogen) atoms. The minimum absolute atomic E-state index is 0.171. The molecule has 128 valence electrons. The topological polar surface area (TPSA) is 20.2 Å². The van der Waals surface area contributed by atoms with Crippen LogP contribution in [0.4, 0.5) is 0 Å². The molecule has 1 nitrogen and oxygen atoms in total. The van der Waals surface area contributed by atoms with Crippen molar-refractivity contribution in [2.45, 2.75) is 66.2 Å². The van der Waals surface area contributed by atoms with Crippen LogP contribution in [0.25, 0.3) is 0 Å². The zero-order chi connectivity index (χ0) is 17.2. The third-order valence-corrected chi connectivity index (χ3v) is 6.67. The van der Waals surface area contributed by atoms with E-state index < -0.39 is 0 Å². The first-order valence-electron chi connectivity index (χ1n) is 9.32. The molecule has 1 N–H and O–H groups in total. The Kier molecular flexibility index (Phi) is 5.60. The van der Waals surface area contributed by atoms with Gasteiger partial charge in [-0.05, 0) is 79.4 Å². The first kappa shape index (κ1) is 18.1. The van der Waals surface area contributed by atoms with Crippen molar-refractivity contribution in [2.24, 2.45) is 23.2 Å². The molecule has 0 aliphatic heterocycles. The van der Waals surface area contributed by atoms with Gasteiger partial charge in [0.15, 0.2) is 0 Å². The third-order valence-electron chi connectivity index (χ3n) is 6.67. The smallest absolute Gasteiger partial charge is 0.108 e. The van der Waals surface area contributed by atoms with E-state index in [1.165, 1.54) is 48.8 Å². The van der Waals surface area contributed by atoms with Crippen LogP contribution in [0.1, 0.15) is 66.2 Å². The van der Waals surface area contributed by atoms with Crippen LogP contribution in [0.3, 0.4) is 0 Å². The molecule has 4 atom stereocenters. The zero-order valence-electron chi connectivity index (χ0n) is 15.5. The van der Waals surface area contributed by atoms with E-state index in [9.17, 15) is 5.11 Å². The lowest BCUT2D eigenvalue weighted by Crippen LogP contribution is -2.39. The minimum Gasteiger partial charge on any atom is -0.509 e. The Morgan fingerprint density at radius 2 is 2.04 bits per heavy atom. The summed E-state index contributed by atoms with van der Waals surface area (Å²) >= 11 is 0. The van der Waals surface area contributed by atoms with Gasteiger partial charge in [0.1, 0.15) is 5.76 Å². The SMILES string of the molecule is C=C(O)/C=C(CC)\C(=C/C)C1CCC2(C)C(=C)CCC2C1CC. The maximum atomic E-state index is 9.64. The molecule has 0 saturated heterocycles. The van der Waals surface area contributed by atoms with Crippen molar-refractivity contribution in [3.63, 3.8) is 0 Å². The van der Waals surface area contributed by atoms with Crippen molar-refractivity contribution >= 4 is 0 Å². The van der Waals surface area contributed by atoms with Crippen molar-refractivity contribution in [3.05, 3.63) is 47.8 Å². The molecule has 0 aromatic carbocycles. The monoisotopic (exact) mass is 314 g/mol. The largest absolute Gasteiger partial charge is 0.509 e.